The molecule has 2 aromatic carbocycles. The molecule has 0 N–H and O–H groups in total. The Morgan fingerprint density at radius 2 is 1.69 bits per heavy atom. The molecule has 29 heavy (non-hydrogen) atoms. The lowest BCUT2D eigenvalue weighted by molar-refractivity contribution is -0.169. The number of benzene rings is 2. The van der Waals surface area contributed by atoms with Crippen molar-refractivity contribution in [3.05, 3.63) is 70.7 Å². The molecule has 2 aliphatic rings. The van der Waals surface area contributed by atoms with Crippen LogP contribution in [-0.2, 0) is 21.5 Å². The molecular formula is C24H27ClN2O2. The normalized spacial score (nSPS) is 22.4. The number of rotatable bonds is 5. The van der Waals surface area contributed by atoms with Crippen molar-refractivity contribution in [2.75, 3.05) is 13.6 Å². The highest BCUT2D eigenvalue weighted by Gasteiger charge is 2.57. The lowest BCUT2D eigenvalue weighted by Gasteiger charge is -2.55. The second-order valence-corrected chi connectivity index (χ2v) is 9.01. The molecule has 2 aromatic rings. The fourth-order valence-electron chi connectivity index (χ4n) is 4.63. The Morgan fingerprint density at radius 3 is 2.21 bits per heavy atom. The molecule has 1 aliphatic heterocycles. The van der Waals surface area contributed by atoms with E-state index >= 15 is 0 Å². The minimum Gasteiger partial charge on any atom is -0.339 e. The van der Waals surface area contributed by atoms with Crippen molar-refractivity contribution in [3.63, 3.8) is 0 Å². The maximum atomic E-state index is 13.6. The van der Waals surface area contributed by atoms with E-state index < -0.39 is 11.0 Å². The average Bonchev–Trinajstić information content (AvgIpc) is 2.67. The monoisotopic (exact) mass is 410 g/mol. The third-order valence-corrected chi connectivity index (χ3v) is 7.00. The van der Waals surface area contributed by atoms with Gasteiger partial charge in [0.15, 0.2) is 0 Å². The van der Waals surface area contributed by atoms with Gasteiger partial charge in [-0.1, -0.05) is 60.5 Å². The van der Waals surface area contributed by atoms with Crippen molar-refractivity contribution >= 4 is 23.4 Å². The van der Waals surface area contributed by atoms with Crippen LogP contribution in [0.2, 0.25) is 5.02 Å². The van der Waals surface area contributed by atoms with E-state index in [0.29, 0.717) is 24.5 Å². The van der Waals surface area contributed by atoms with Gasteiger partial charge in [-0.3, -0.25) is 9.59 Å². The molecule has 4 rings (SSSR count). The number of amides is 2. The highest BCUT2D eigenvalue weighted by molar-refractivity contribution is 6.30. The Morgan fingerprint density at radius 1 is 1.03 bits per heavy atom. The van der Waals surface area contributed by atoms with E-state index in [2.05, 4.69) is 0 Å². The Labute approximate surface area is 177 Å². The molecule has 1 aliphatic carbocycles. The SMILES string of the molecule is CN(Cc1ccccc1)C(=O)C1(C)CCN1C(=O)C1(c2ccc(Cl)cc2)CCC1. The van der Waals surface area contributed by atoms with Crippen LogP contribution >= 0.6 is 11.6 Å². The van der Waals surface area contributed by atoms with Gasteiger partial charge in [-0.05, 0) is 49.4 Å². The molecule has 152 valence electrons. The van der Waals surface area contributed by atoms with E-state index in [1.54, 1.807) is 4.90 Å². The predicted molar refractivity (Wildman–Crippen MR) is 115 cm³/mol. The van der Waals surface area contributed by atoms with Crippen LogP contribution in [0.15, 0.2) is 54.6 Å². The minimum atomic E-state index is -0.768. The van der Waals surface area contributed by atoms with Gasteiger partial charge in [0.05, 0.1) is 5.41 Å². The second-order valence-electron chi connectivity index (χ2n) is 8.57. The van der Waals surface area contributed by atoms with Gasteiger partial charge in [0.2, 0.25) is 11.8 Å². The summed E-state index contributed by atoms with van der Waals surface area (Å²) in [5.74, 6) is 0.0906. The van der Waals surface area contributed by atoms with Crippen molar-refractivity contribution in [1.82, 2.24) is 9.80 Å². The van der Waals surface area contributed by atoms with Crippen LogP contribution in [0.25, 0.3) is 0 Å². The number of hydrogen-bond acceptors (Lipinski definition) is 2. The first-order chi connectivity index (χ1) is 13.9. The zero-order chi connectivity index (χ0) is 20.6. The maximum Gasteiger partial charge on any atom is 0.248 e. The van der Waals surface area contributed by atoms with Crippen LogP contribution in [0.5, 0.6) is 0 Å². The van der Waals surface area contributed by atoms with Crippen LogP contribution in [-0.4, -0.2) is 40.7 Å². The standard InChI is InChI=1S/C24H27ClN2O2/c1-23(21(28)26(2)17-18-7-4-3-5-8-18)15-16-27(23)22(29)24(13-6-14-24)19-9-11-20(25)12-10-19/h3-5,7-12H,6,13-17H2,1-2H3. The average molecular weight is 411 g/mol. The molecule has 0 radical (unpaired) electrons. The summed E-state index contributed by atoms with van der Waals surface area (Å²) in [5, 5.41) is 0.669. The van der Waals surface area contributed by atoms with Crippen molar-refractivity contribution in [2.45, 2.75) is 50.1 Å². The first kappa shape index (κ1) is 20.0. The van der Waals surface area contributed by atoms with Gasteiger partial charge in [-0.2, -0.15) is 0 Å². The number of halogens is 1. The molecule has 1 saturated carbocycles. The summed E-state index contributed by atoms with van der Waals surface area (Å²) < 4.78 is 0. The molecule has 1 heterocycles. The lowest BCUT2D eigenvalue weighted by Crippen LogP contribution is -2.70. The molecule has 0 spiro atoms. The Kier molecular flexibility index (Phi) is 5.16. The minimum absolute atomic E-state index is 0.00605. The van der Waals surface area contributed by atoms with Crippen molar-refractivity contribution in [3.8, 4) is 0 Å². The van der Waals surface area contributed by atoms with Gasteiger partial charge in [0.25, 0.3) is 0 Å². The second kappa shape index (κ2) is 7.49. The number of likely N-dealkylation sites (tertiary alicyclic amines) is 1. The largest absolute Gasteiger partial charge is 0.339 e. The summed E-state index contributed by atoms with van der Waals surface area (Å²) in [7, 11) is 1.82. The first-order valence-corrected chi connectivity index (χ1v) is 10.6. The first-order valence-electron chi connectivity index (χ1n) is 10.2. The van der Waals surface area contributed by atoms with Crippen molar-refractivity contribution in [1.29, 1.82) is 0 Å². The van der Waals surface area contributed by atoms with Crippen LogP contribution in [0, 0.1) is 0 Å². The summed E-state index contributed by atoms with van der Waals surface area (Å²) in [6.07, 6.45) is 3.39. The number of carbonyl (C=O) groups is 2. The van der Waals surface area contributed by atoms with Gasteiger partial charge in [-0.15, -0.1) is 0 Å². The molecular weight excluding hydrogens is 384 g/mol. The molecule has 1 atom stereocenters. The van der Waals surface area contributed by atoms with E-state index in [1.165, 1.54) is 0 Å². The zero-order valence-electron chi connectivity index (χ0n) is 17.0. The molecule has 1 unspecified atom stereocenters. The van der Waals surface area contributed by atoms with Gasteiger partial charge < -0.3 is 9.80 Å². The summed E-state index contributed by atoms with van der Waals surface area (Å²) in [6, 6.07) is 17.5. The third kappa shape index (κ3) is 3.33. The van der Waals surface area contributed by atoms with Crippen LogP contribution < -0.4 is 0 Å². The van der Waals surface area contributed by atoms with Crippen LogP contribution in [0.3, 0.4) is 0 Å². The Bertz CT molecular complexity index is 908. The lowest BCUT2D eigenvalue weighted by atomic mass is 9.62. The third-order valence-electron chi connectivity index (χ3n) is 6.75. The van der Waals surface area contributed by atoms with Crippen LogP contribution in [0.1, 0.15) is 43.7 Å². The highest BCUT2D eigenvalue weighted by Crippen LogP contribution is 2.48. The molecule has 4 nitrogen and oxygen atoms in total. The predicted octanol–water partition coefficient (Wildman–Crippen LogP) is 4.41. The quantitative estimate of drug-likeness (QED) is 0.732. The van der Waals surface area contributed by atoms with E-state index in [4.69, 9.17) is 11.6 Å². The van der Waals surface area contributed by atoms with Gasteiger partial charge in [0, 0.05) is 25.2 Å². The highest BCUT2D eigenvalue weighted by atomic mass is 35.5. The fourth-order valence-corrected chi connectivity index (χ4v) is 4.76. The van der Waals surface area contributed by atoms with Crippen LogP contribution in [0.4, 0.5) is 0 Å². The Balaban J connectivity index is 1.53. The molecule has 2 amide bonds. The molecule has 5 heteroatoms. The van der Waals surface area contributed by atoms with Crippen molar-refractivity contribution in [2.24, 2.45) is 0 Å². The Hall–Kier alpha value is -2.33. The molecule has 0 aromatic heterocycles. The van der Waals surface area contributed by atoms with Gasteiger partial charge >= 0.3 is 0 Å². The van der Waals surface area contributed by atoms with E-state index in [0.717, 1.165) is 30.4 Å². The van der Waals surface area contributed by atoms with E-state index in [9.17, 15) is 9.59 Å². The summed E-state index contributed by atoms with van der Waals surface area (Å²) in [6.45, 7) is 3.08. The van der Waals surface area contributed by atoms with Gasteiger partial charge in [-0.25, -0.2) is 0 Å². The number of nitrogens with zero attached hydrogens (tertiary/aromatic N) is 2. The van der Waals surface area contributed by atoms with E-state index in [-0.39, 0.29) is 11.8 Å². The molecule has 1 saturated heterocycles. The molecule has 2 fully saturated rings. The van der Waals surface area contributed by atoms with Crippen molar-refractivity contribution < 1.29 is 9.59 Å². The smallest absolute Gasteiger partial charge is 0.248 e. The number of hydrogen-bond donors (Lipinski definition) is 0. The summed E-state index contributed by atoms with van der Waals surface area (Å²) in [5.41, 5.74) is 0.818. The molecule has 0 bridgehead atoms. The topological polar surface area (TPSA) is 40.6 Å². The summed E-state index contributed by atoms with van der Waals surface area (Å²) >= 11 is 6.05. The number of likely N-dealkylation sites (N-methyl/N-ethyl adjacent to an activating group) is 1. The summed E-state index contributed by atoms with van der Waals surface area (Å²) in [4.78, 5) is 30.5. The fraction of sp³-hybridized carbons (Fsp3) is 0.417. The zero-order valence-corrected chi connectivity index (χ0v) is 17.8. The van der Waals surface area contributed by atoms with E-state index in [1.807, 2.05) is 73.5 Å². The number of carbonyl (C=O) groups excluding carboxylic acids is 2. The maximum absolute atomic E-state index is 13.6. The van der Waals surface area contributed by atoms with Gasteiger partial charge in [0.1, 0.15) is 5.54 Å².